The van der Waals surface area contributed by atoms with Crippen LogP contribution in [0.25, 0.3) is 0 Å². The van der Waals surface area contributed by atoms with Crippen molar-refractivity contribution in [1.29, 1.82) is 0 Å². The molecule has 1 saturated heterocycles. The highest BCUT2D eigenvalue weighted by atomic mass is 16.5. The monoisotopic (exact) mass is 429 g/mol. The number of carbonyl (C=O) groups excluding carboxylic acids is 1. The second-order valence-electron chi connectivity index (χ2n) is 8.51. The topological polar surface area (TPSA) is 54.5 Å². The van der Waals surface area contributed by atoms with Gasteiger partial charge in [-0.1, -0.05) is 36.4 Å². The fraction of sp³-hybridized carbons (Fsp3) is 0.333. The molecule has 0 radical (unpaired) electrons. The van der Waals surface area contributed by atoms with Crippen LogP contribution in [0.15, 0.2) is 72.9 Å². The lowest BCUT2D eigenvalue weighted by molar-refractivity contribution is 0.0874. The van der Waals surface area contributed by atoms with Crippen LogP contribution in [0.1, 0.15) is 46.1 Å². The number of pyridine rings is 1. The van der Waals surface area contributed by atoms with Gasteiger partial charge in [0.05, 0.1) is 18.8 Å². The van der Waals surface area contributed by atoms with Crippen LogP contribution in [0.4, 0.5) is 0 Å². The van der Waals surface area contributed by atoms with Gasteiger partial charge in [-0.15, -0.1) is 0 Å². The largest absolute Gasteiger partial charge is 0.497 e. The van der Waals surface area contributed by atoms with Gasteiger partial charge in [0.15, 0.2) is 0 Å². The number of rotatable bonds is 7. The molecule has 3 aromatic rings. The van der Waals surface area contributed by atoms with Gasteiger partial charge in [0.25, 0.3) is 5.91 Å². The summed E-state index contributed by atoms with van der Waals surface area (Å²) in [6.07, 6.45) is 3.96. The third-order valence-corrected chi connectivity index (χ3v) is 6.24. The lowest BCUT2D eigenvalue weighted by atomic mass is 9.88. The van der Waals surface area contributed by atoms with Gasteiger partial charge < -0.3 is 10.1 Å². The number of aromatic nitrogens is 1. The van der Waals surface area contributed by atoms with Gasteiger partial charge in [-0.3, -0.25) is 14.7 Å². The molecule has 2 atom stereocenters. The predicted octanol–water partition coefficient (Wildman–Crippen LogP) is 4.78. The Hall–Kier alpha value is -3.18. The summed E-state index contributed by atoms with van der Waals surface area (Å²) in [7, 11) is 1.70. The maximum atomic E-state index is 13.2. The third-order valence-electron chi connectivity index (χ3n) is 6.24. The van der Waals surface area contributed by atoms with Gasteiger partial charge in [0.1, 0.15) is 5.75 Å². The molecule has 0 saturated carbocycles. The minimum atomic E-state index is -0.128. The van der Waals surface area contributed by atoms with Crippen molar-refractivity contribution in [2.45, 2.75) is 32.4 Å². The first-order valence-corrected chi connectivity index (χ1v) is 11.3. The fourth-order valence-corrected chi connectivity index (χ4v) is 4.58. The molecule has 1 amide bonds. The lowest BCUT2D eigenvalue weighted by Gasteiger charge is -2.37. The molecule has 5 nitrogen and oxygen atoms in total. The molecular formula is C27H31N3O2. The summed E-state index contributed by atoms with van der Waals surface area (Å²) >= 11 is 0. The fourth-order valence-electron chi connectivity index (χ4n) is 4.58. The molecule has 2 aromatic carbocycles. The first-order valence-electron chi connectivity index (χ1n) is 11.3. The molecule has 5 heteroatoms. The van der Waals surface area contributed by atoms with E-state index in [-0.39, 0.29) is 17.9 Å². The normalized spacial score (nSPS) is 17.5. The number of hydrogen-bond acceptors (Lipinski definition) is 4. The standard InChI is InChI=1S/C27H31N3O2/c1-20-9-3-4-13-24(20)27(31)29-26(25-14-5-6-15-28-25)22-11-8-16-30(19-22)18-21-10-7-12-23(17-21)32-2/h3-7,9-10,12-15,17,22,26H,8,11,16,18-19H2,1-2H3,(H,29,31)/t22-,26-/m0/s1. The number of nitrogens with zero attached hydrogens (tertiary/aromatic N) is 2. The smallest absolute Gasteiger partial charge is 0.252 e. The first kappa shape index (κ1) is 22.0. The lowest BCUT2D eigenvalue weighted by Crippen LogP contribution is -2.43. The van der Waals surface area contributed by atoms with Crippen LogP contribution in [-0.2, 0) is 6.54 Å². The molecular weight excluding hydrogens is 398 g/mol. The van der Waals surface area contributed by atoms with Gasteiger partial charge in [0.2, 0.25) is 0 Å². The summed E-state index contributed by atoms with van der Waals surface area (Å²) in [5.41, 5.74) is 3.86. The van der Waals surface area contributed by atoms with Crippen molar-refractivity contribution in [3.8, 4) is 5.75 Å². The van der Waals surface area contributed by atoms with Crippen molar-refractivity contribution in [2.75, 3.05) is 20.2 Å². The van der Waals surface area contributed by atoms with Crippen molar-refractivity contribution in [2.24, 2.45) is 5.92 Å². The molecule has 4 rings (SSSR count). The van der Waals surface area contributed by atoms with Crippen LogP contribution in [-0.4, -0.2) is 36.0 Å². The van der Waals surface area contributed by atoms with E-state index in [1.54, 1.807) is 13.3 Å². The number of likely N-dealkylation sites (tertiary alicyclic amines) is 1. The summed E-state index contributed by atoms with van der Waals surface area (Å²) in [6.45, 7) is 4.80. The molecule has 0 spiro atoms. The molecule has 1 aromatic heterocycles. The number of ether oxygens (including phenoxy) is 1. The number of piperidine rings is 1. The summed E-state index contributed by atoms with van der Waals surface area (Å²) in [5.74, 6) is 1.13. The maximum absolute atomic E-state index is 13.2. The molecule has 0 bridgehead atoms. The number of hydrogen-bond donors (Lipinski definition) is 1. The Morgan fingerprint density at radius 2 is 2.00 bits per heavy atom. The van der Waals surface area contributed by atoms with E-state index in [0.29, 0.717) is 0 Å². The minimum absolute atomic E-state index is 0.0383. The van der Waals surface area contributed by atoms with Crippen LogP contribution >= 0.6 is 0 Å². The van der Waals surface area contributed by atoms with E-state index in [0.717, 1.165) is 55.0 Å². The first-order chi connectivity index (χ1) is 15.6. The average Bonchev–Trinajstić information content (AvgIpc) is 2.83. The SMILES string of the molecule is COc1cccc(CN2CCC[C@H]([C@H](NC(=O)c3ccccc3C)c3ccccn3)C2)c1. The van der Waals surface area contributed by atoms with Crippen molar-refractivity contribution < 1.29 is 9.53 Å². The van der Waals surface area contributed by atoms with Crippen molar-refractivity contribution in [1.82, 2.24) is 15.2 Å². The second-order valence-corrected chi connectivity index (χ2v) is 8.51. The van der Waals surface area contributed by atoms with E-state index in [1.807, 2.05) is 61.5 Å². The third kappa shape index (κ3) is 5.35. The summed E-state index contributed by atoms with van der Waals surface area (Å²) in [4.78, 5) is 20.2. The van der Waals surface area contributed by atoms with E-state index in [4.69, 9.17) is 4.74 Å². The number of methoxy groups -OCH3 is 1. The Bertz CT molecular complexity index is 1040. The molecule has 166 valence electrons. The van der Waals surface area contributed by atoms with E-state index in [9.17, 15) is 4.79 Å². The van der Waals surface area contributed by atoms with Gasteiger partial charge >= 0.3 is 0 Å². The molecule has 1 N–H and O–H groups in total. The highest BCUT2D eigenvalue weighted by Crippen LogP contribution is 2.30. The maximum Gasteiger partial charge on any atom is 0.252 e. The summed E-state index contributed by atoms with van der Waals surface area (Å²) in [6, 6.07) is 21.8. The highest BCUT2D eigenvalue weighted by molar-refractivity contribution is 5.95. The van der Waals surface area contributed by atoms with Gasteiger partial charge in [-0.25, -0.2) is 0 Å². The average molecular weight is 430 g/mol. The number of benzene rings is 2. The molecule has 1 fully saturated rings. The zero-order valence-electron chi connectivity index (χ0n) is 18.8. The molecule has 0 unspecified atom stereocenters. The number of nitrogens with one attached hydrogen (secondary N) is 1. The van der Waals surface area contributed by atoms with Crippen LogP contribution < -0.4 is 10.1 Å². The zero-order valence-corrected chi connectivity index (χ0v) is 18.8. The molecule has 32 heavy (non-hydrogen) atoms. The van der Waals surface area contributed by atoms with Crippen molar-refractivity contribution >= 4 is 5.91 Å². The zero-order chi connectivity index (χ0) is 22.3. The molecule has 0 aliphatic carbocycles. The summed E-state index contributed by atoms with van der Waals surface area (Å²) in [5, 5.41) is 3.31. The van der Waals surface area contributed by atoms with Crippen LogP contribution in [0.5, 0.6) is 5.75 Å². The van der Waals surface area contributed by atoms with E-state index < -0.39 is 0 Å². The number of amides is 1. The van der Waals surface area contributed by atoms with E-state index in [2.05, 4.69) is 27.3 Å². The number of carbonyl (C=O) groups is 1. The Morgan fingerprint density at radius 1 is 1.16 bits per heavy atom. The second kappa shape index (κ2) is 10.4. The van der Waals surface area contributed by atoms with Crippen molar-refractivity contribution in [3.63, 3.8) is 0 Å². The highest BCUT2D eigenvalue weighted by Gasteiger charge is 2.31. The van der Waals surface area contributed by atoms with E-state index in [1.165, 1.54) is 5.56 Å². The number of aryl methyl sites for hydroxylation is 1. The Morgan fingerprint density at radius 3 is 2.78 bits per heavy atom. The Balaban J connectivity index is 1.53. The van der Waals surface area contributed by atoms with Crippen LogP contribution in [0.2, 0.25) is 0 Å². The van der Waals surface area contributed by atoms with Crippen molar-refractivity contribution in [3.05, 3.63) is 95.3 Å². The van der Waals surface area contributed by atoms with Gasteiger partial charge in [-0.05, 0) is 73.7 Å². The molecule has 1 aliphatic heterocycles. The minimum Gasteiger partial charge on any atom is -0.497 e. The van der Waals surface area contributed by atoms with Gasteiger partial charge in [-0.2, -0.15) is 0 Å². The Kier molecular flexibility index (Phi) is 7.17. The van der Waals surface area contributed by atoms with Crippen LogP contribution in [0.3, 0.4) is 0 Å². The molecule has 1 aliphatic rings. The summed E-state index contributed by atoms with van der Waals surface area (Å²) < 4.78 is 5.38. The van der Waals surface area contributed by atoms with Crippen LogP contribution in [0, 0.1) is 12.8 Å². The van der Waals surface area contributed by atoms with Gasteiger partial charge in [0, 0.05) is 24.8 Å². The predicted molar refractivity (Wildman–Crippen MR) is 127 cm³/mol. The van der Waals surface area contributed by atoms with E-state index >= 15 is 0 Å². The molecule has 2 heterocycles. The quantitative estimate of drug-likeness (QED) is 0.587. The Labute approximate surface area is 190 Å².